The van der Waals surface area contributed by atoms with Crippen molar-refractivity contribution in [2.45, 2.75) is 0 Å². The summed E-state index contributed by atoms with van der Waals surface area (Å²) in [6, 6.07) is 12.0. The van der Waals surface area contributed by atoms with Crippen molar-refractivity contribution in [1.82, 2.24) is 9.38 Å². The monoisotopic (exact) mass is 350 g/mol. The van der Waals surface area contributed by atoms with Gasteiger partial charge in [0.25, 0.3) is 11.5 Å². The van der Waals surface area contributed by atoms with Crippen LogP contribution in [-0.4, -0.2) is 15.3 Å². The van der Waals surface area contributed by atoms with E-state index in [0.29, 0.717) is 0 Å². The molecule has 0 bridgehead atoms. The molecule has 0 atom stereocenters. The smallest absolute Gasteiger partial charge is 0.269 e. The number of pyridine rings is 1. The lowest BCUT2D eigenvalue weighted by molar-refractivity contribution is -0.114. The predicted octanol–water partition coefficient (Wildman–Crippen LogP) is 2.02. The van der Waals surface area contributed by atoms with Crippen LogP contribution >= 0.6 is 0 Å². The van der Waals surface area contributed by atoms with Gasteiger partial charge in [0, 0.05) is 6.20 Å². The van der Waals surface area contributed by atoms with E-state index in [1.807, 2.05) is 0 Å². The molecule has 0 unspecified atom stereocenters. The van der Waals surface area contributed by atoms with Gasteiger partial charge in [-0.1, -0.05) is 18.2 Å². The maximum atomic E-state index is 13.9. The number of halogens is 1. The Balaban J connectivity index is 2.28. The Morgan fingerprint density at radius 1 is 1.27 bits per heavy atom. The third-order valence-corrected chi connectivity index (χ3v) is 3.45. The molecule has 26 heavy (non-hydrogen) atoms. The molecule has 3 rings (SSSR count). The van der Waals surface area contributed by atoms with Gasteiger partial charge in [0.2, 0.25) is 5.88 Å². The number of amides is 1. The number of hydrogen-bond donors (Lipinski definition) is 1. The lowest BCUT2D eigenvalue weighted by Crippen LogP contribution is -2.20. The molecule has 2 N–H and O–H groups in total. The molecule has 2 aromatic heterocycles. The second kappa shape index (κ2) is 6.86. The number of aromatic nitrogens is 2. The number of para-hydroxylation sites is 1. The van der Waals surface area contributed by atoms with Crippen LogP contribution in [-0.2, 0) is 4.79 Å². The van der Waals surface area contributed by atoms with E-state index in [0.717, 1.165) is 6.08 Å². The number of rotatable bonds is 4. The Labute approximate surface area is 146 Å². The average molecular weight is 350 g/mol. The summed E-state index contributed by atoms with van der Waals surface area (Å²) in [6.07, 6.45) is 2.44. The third kappa shape index (κ3) is 3.14. The molecule has 1 amide bonds. The first-order valence-corrected chi connectivity index (χ1v) is 7.36. The van der Waals surface area contributed by atoms with E-state index in [2.05, 4.69) is 4.98 Å². The minimum absolute atomic E-state index is 0.160. The third-order valence-electron chi connectivity index (χ3n) is 3.45. The number of benzene rings is 1. The van der Waals surface area contributed by atoms with E-state index in [-0.39, 0.29) is 22.8 Å². The number of fused-ring (bicyclic) bond motifs is 1. The normalized spacial score (nSPS) is 11.2. The SMILES string of the molecule is N#CC(=Cc1c(Oc2ccccc2F)nc2ccccn2c1=O)C(N)=O. The summed E-state index contributed by atoms with van der Waals surface area (Å²) >= 11 is 0. The van der Waals surface area contributed by atoms with Crippen molar-refractivity contribution in [2.75, 3.05) is 0 Å². The summed E-state index contributed by atoms with van der Waals surface area (Å²) in [6.45, 7) is 0. The number of carbonyl (C=O) groups is 1. The molecule has 3 aromatic rings. The molecular formula is C18H11FN4O3. The molecule has 1 aromatic carbocycles. The fraction of sp³-hybridized carbons (Fsp3) is 0. The van der Waals surface area contributed by atoms with Crippen molar-refractivity contribution < 1.29 is 13.9 Å². The van der Waals surface area contributed by atoms with Crippen molar-refractivity contribution >= 4 is 17.6 Å². The van der Waals surface area contributed by atoms with Gasteiger partial charge < -0.3 is 10.5 Å². The molecule has 0 saturated carbocycles. The summed E-state index contributed by atoms with van der Waals surface area (Å²) in [5.74, 6) is -2.08. The molecule has 0 spiro atoms. The molecule has 0 aliphatic carbocycles. The molecule has 0 saturated heterocycles. The average Bonchev–Trinajstić information content (AvgIpc) is 2.63. The van der Waals surface area contributed by atoms with Crippen LogP contribution in [0.3, 0.4) is 0 Å². The van der Waals surface area contributed by atoms with Gasteiger partial charge in [-0.2, -0.15) is 10.2 Å². The van der Waals surface area contributed by atoms with E-state index in [1.54, 1.807) is 30.3 Å². The highest BCUT2D eigenvalue weighted by Crippen LogP contribution is 2.25. The first-order valence-electron chi connectivity index (χ1n) is 7.36. The first kappa shape index (κ1) is 16.9. The maximum absolute atomic E-state index is 13.9. The van der Waals surface area contributed by atoms with Crippen molar-refractivity contribution in [3.8, 4) is 17.7 Å². The van der Waals surface area contributed by atoms with Gasteiger partial charge in [-0.05, 0) is 30.3 Å². The number of primary amides is 1. The van der Waals surface area contributed by atoms with Crippen LogP contribution in [0.4, 0.5) is 4.39 Å². The molecule has 2 heterocycles. The fourth-order valence-electron chi connectivity index (χ4n) is 2.22. The van der Waals surface area contributed by atoms with Gasteiger partial charge in [-0.25, -0.2) is 4.39 Å². The second-order valence-corrected chi connectivity index (χ2v) is 5.13. The van der Waals surface area contributed by atoms with Gasteiger partial charge in [-0.15, -0.1) is 0 Å². The quantitative estimate of drug-likeness (QED) is 0.572. The van der Waals surface area contributed by atoms with E-state index < -0.39 is 22.9 Å². The number of carbonyl (C=O) groups excluding carboxylic acids is 1. The van der Waals surface area contributed by atoms with Gasteiger partial charge in [0.1, 0.15) is 22.9 Å². The topological polar surface area (TPSA) is 110 Å². The number of hydrogen-bond acceptors (Lipinski definition) is 5. The molecule has 0 radical (unpaired) electrons. The highest BCUT2D eigenvalue weighted by Gasteiger charge is 2.17. The van der Waals surface area contributed by atoms with Crippen molar-refractivity contribution in [3.63, 3.8) is 0 Å². The lowest BCUT2D eigenvalue weighted by Gasteiger charge is -2.10. The van der Waals surface area contributed by atoms with Crippen LogP contribution in [0.15, 0.2) is 59.0 Å². The largest absolute Gasteiger partial charge is 0.435 e. The molecule has 0 fully saturated rings. The fourth-order valence-corrected chi connectivity index (χ4v) is 2.22. The van der Waals surface area contributed by atoms with Gasteiger partial charge in [0.15, 0.2) is 11.6 Å². The Morgan fingerprint density at radius 2 is 2.00 bits per heavy atom. The number of nitrogens with zero attached hydrogens (tertiary/aromatic N) is 3. The number of ether oxygens (including phenoxy) is 1. The summed E-state index contributed by atoms with van der Waals surface area (Å²) in [5, 5.41) is 9.04. The highest BCUT2D eigenvalue weighted by atomic mass is 19.1. The molecule has 128 valence electrons. The minimum Gasteiger partial charge on any atom is -0.435 e. The van der Waals surface area contributed by atoms with Gasteiger partial charge >= 0.3 is 0 Å². The Morgan fingerprint density at radius 3 is 2.69 bits per heavy atom. The number of nitrogens with two attached hydrogens (primary N) is 1. The van der Waals surface area contributed by atoms with Crippen molar-refractivity contribution in [2.24, 2.45) is 5.73 Å². The number of nitriles is 1. The van der Waals surface area contributed by atoms with Crippen LogP contribution in [0.25, 0.3) is 11.7 Å². The zero-order valence-corrected chi connectivity index (χ0v) is 13.2. The molecule has 0 aliphatic rings. The zero-order valence-electron chi connectivity index (χ0n) is 13.2. The van der Waals surface area contributed by atoms with Crippen LogP contribution < -0.4 is 16.0 Å². The second-order valence-electron chi connectivity index (χ2n) is 5.13. The predicted molar refractivity (Wildman–Crippen MR) is 90.7 cm³/mol. The molecular weight excluding hydrogens is 339 g/mol. The Kier molecular flexibility index (Phi) is 4.45. The standard InChI is InChI=1S/C18H11FN4O3/c19-13-5-1-2-6-14(13)26-17-12(9-11(10-20)16(21)24)18(25)23-8-4-3-7-15(23)22-17/h1-9H,(H2,21,24). The maximum Gasteiger partial charge on any atom is 0.269 e. The van der Waals surface area contributed by atoms with E-state index in [4.69, 9.17) is 15.7 Å². The summed E-state index contributed by atoms with van der Waals surface area (Å²) < 4.78 is 20.6. The zero-order chi connectivity index (χ0) is 18.7. The van der Waals surface area contributed by atoms with Gasteiger partial charge in [-0.3, -0.25) is 14.0 Å². The highest BCUT2D eigenvalue weighted by molar-refractivity contribution is 6.00. The molecule has 8 heteroatoms. The summed E-state index contributed by atoms with van der Waals surface area (Å²) in [5.41, 5.74) is 4.11. The lowest BCUT2D eigenvalue weighted by atomic mass is 10.2. The van der Waals surface area contributed by atoms with E-state index >= 15 is 0 Å². The first-order chi connectivity index (χ1) is 12.5. The minimum atomic E-state index is -1.01. The van der Waals surface area contributed by atoms with Crippen LogP contribution in [0.5, 0.6) is 11.6 Å². The Hall–Kier alpha value is -3.99. The van der Waals surface area contributed by atoms with Crippen LogP contribution in [0.2, 0.25) is 0 Å². The Bertz CT molecular complexity index is 1150. The summed E-state index contributed by atoms with van der Waals surface area (Å²) in [4.78, 5) is 28.3. The van der Waals surface area contributed by atoms with Crippen molar-refractivity contribution in [1.29, 1.82) is 5.26 Å². The van der Waals surface area contributed by atoms with Crippen LogP contribution in [0, 0.1) is 17.1 Å². The van der Waals surface area contributed by atoms with Crippen LogP contribution in [0.1, 0.15) is 5.56 Å². The molecule has 0 aliphatic heterocycles. The van der Waals surface area contributed by atoms with Crippen molar-refractivity contribution in [3.05, 3.63) is 76.0 Å². The van der Waals surface area contributed by atoms with E-state index in [9.17, 15) is 14.0 Å². The summed E-state index contributed by atoms with van der Waals surface area (Å²) in [7, 11) is 0. The molecule has 7 nitrogen and oxygen atoms in total. The van der Waals surface area contributed by atoms with Gasteiger partial charge in [0.05, 0.1) is 0 Å². The van der Waals surface area contributed by atoms with E-state index in [1.165, 1.54) is 28.8 Å².